The standard InChI is InChI=1S/C6H8O2.Y/c1-5-2-3-6(4-7)8-5;/h2-3,7H,4H2,1H3;. The van der Waals surface area contributed by atoms with E-state index in [1.54, 1.807) is 6.07 Å². The molecule has 3 heteroatoms. The van der Waals surface area contributed by atoms with E-state index in [0.29, 0.717) is 5.76 Å². The van der Waals surface area contributed by atoms with E-state index >= 15 is 0 Å². The summed E-state index contributed by atoms with van der Waals surface area (Å²) in [7, 11) is 0. The summed E-state index contributed by atoms with van der Waals surface area (Å²) < 4.78 is 4.98. The number of furan rings is 1. The Hall–Kier alpha value is 0.344. The molecule has 0 atom stereocenters. The average Bonchev–Trinajstić information content (AvgIpc) is 2.14. The predicted octanol–water partition coefficient (Wildman–Crippen LogP) is 1.08. The second kappa shape index (κ2) is 4.21. The van der Waals surface area contributed by atoms with Crippen molar-refractivity contribution >= 4 is 0 Å². The molecule has 1 heterocycles. The van der Waals surface area contributed by atoms with E-state index in [1.165, 1.54) is 0 Å². The van der Waals surface area contributed by atoms with Crippen LogP contribution in [0.1, 0.15) is 11.5 Å². The summed E-state index contributed by atoms with van der Waals surface area (Å²) in [4.78, 5) is 0. The molecule has 0 spiro atoms. The largest absolute Gasteiger partial charge is 0.464 e. The molecule has 0 aliphatic heterocycles. The third-order valence-corrected chi connectivity index (χ3v) is 0.952. The number of aliphatic hydroxyl groups is 1. The summed E-state index contributed by atoms with van der Waals surface area (Å²) >= 11 is 0. The second-order valence-corrected chi connectivity index (χ2v) is 1.67. The number of hydrogen-bond donors (Lipinski definition) is 1. The van der Waals surface area contributed by atoms with E-state index in [2.05, 4.69) is 0 Å². The van der Waals surface area contributed by atoms with E-state index in [-0.39, 0.29) is 39.3 Å². The maximum absolute atomic E-state index is 8.46. The van der Waals surface area contributed by atoms with Gasteiger partial charge in [0.15, 0.2) is 0 Å². The van der Waals surface area contributed by atoms with Crippen LogP contribution < -0.4 is 0 Å². The summed E-state index contributed by atoms with van der Waals surface area (Å²) in [6, 6.07) is 3.58. The third kappa shape index (κ3) is 2.61. The van der Waals surface area contributed by atoms with Crippen LogP contribution in [-0.2, 0) is 39.3 Å². The molecule has 0 aliphatic carbocycles. The predicted molar refractivity (Wildman–Crippen MR) is 29.4 cm³/mol. The first-order valence-corrected chi connectivity index (χ1v) is 2.49. The Morgan fingerprint density at radius 2 is 2.22 bits per heavy atom. The molecule has 0 bridgehead atoms. The zero-order chi connectivity index (χ0) is 5.98. The number of aryl methyl sites for hydroxylation is 1. The molecule has 0 amide bonds. The Morgan fingerprint density at radius 1 is 1.56 bits per heavy atom. The van der Waals surface area contributed by atoms with Crippen molar-refractivity contribution in [3.63, 3.8) is 0 Å². The van der Waals surface area contributed by atoms with Gasteiger partial charge in [-0.25, -0.2) is 0 Å². The van der Waals surface area contributed by atoms with Crippen LogP contribution in [0, 0.1) is 6.92 Å². The van der Waals surface area contributed by atoms with E-state index in [9.17, 15) is 0 Å². The van der Waals surface area contributed by atoms with Gasteiger partial charge in [0.1, 0.15) is 18.1 Å². The maximum atomic E-state index is 8.46. The zero-order valence-electron chi connectivity index (χ0n) is 5.29. The number of hydrogen-bond acceptors (Lipinski definition) is 2. The third-order valence-electron chi connectivity index (χ3n) is 0.952. The molecular formula is C6H8O2Y. The number of rotatable bonds is 1. The van der Waals surface area contributed by atoms with Crippen LogP contribution in [0.2, 0.25) is 0 Å². The molecule has 0 unspecified atom stereocenters. The quantitative estimate of drug-likeness (QED) is 0.737. The van der Waals surface area contributed by atoms with Crippen molar-refractivity contribution in [2.45, 2.75) is 13.5 Å². The molecule has 2 nitrogen and oxygen atoms in total. The molecule has 0 aromatic carbocycles. The van der Waals surface area contributed by atoms with Crippen LogP contribution in [0.15, 0.2) is 16.5 Å². The van der Waals surface area contributed by atoms with Gasteiger partial charge < -0.3 is 9.52 Å². The Kier molecular flexibility index (Phi) is 4.37. The van der Waals surface area contributed by atoms with Gasteiger partial charge in [0.05, 0.1) is 0 Å². The molecule has 47 valence electrons. The SMILES string of the molecule is Cc1ccc(CO)o1.[Y]. The molecule has 0 saturated heterocycles. The van der Waals surface area contributed by atoms with E-state index < -0.39 is 0 Å². The second-order valence-electron chi connectivity index (χ2n) is 1.67. The fraction of sp³-hybridized carbons (Fsp3) is 0.333. The first-order chi connectivity index (χ1) is 3.83. The zero-order valence-corrected chi connectivity index (χ0v) is 8.13. The fourth-order valence-electron chi connectivity index (χ4n) is 0.570. The molecule has 1 radical (unpaired) electrons. The molecule has 9 heavy (non-hydrogen) atoms. The van der Waals surface area contributed by atoms with Gasteiger partial charge in [-0.15, -0.1) is 0 Å². The minimum absolute atomic E-state index is 0. The van der Waals surface area contributed by atoms with Gasteiger partial charge in [-0.05, 0) is 19.1 Å². The summed E-state index contributed by atoms with van der Waals surface area (Å²) in [6.07, 6.45) is 0. The van der Waals surface area contributed by atoms with E-state index in [1.807, 2.05) is 13.0 Å². The maximum Gasteiger partial charge on any atom is 0.129 e. The van der Waals surface area contributed by atoms with Gasteiger partial charge in [0, 0.05) is 32.7 Å². The van der Waals surface area contributed by atoms with Crippen molar-refractivity contribution in [2.75, 3.05) is 0 Å². The van der Waals surface area contributed by atoms with Crippen molar-refractivity contribution < 1.29 is 42.2 Å². The normalized spacial score (nSPS) is 8.67. The minimum atomic E-state index is -0.00611. The van der Waals surface area contributed by atoms with Crippen LogP contribution >= 0.6 is 0 Å². The van der Waals surface area contributed by atoms with Crippen molar-refractivity contribution in [3.05, 3.63) is 23.7 Å². The minimum Gasteiger partial charge on any atom is -0.464 e. The first kappa shape index (κ1) is 9.34. The van der Waals surface area contributed by atoms with Gasteiger partial charge in [-0.1, -0.05) is 0 Å². The summed E-state index contributed by atoms with van der Waals surface area (Å²) in [5.41, 5.74) is 0. The summed E-state index contributed by atoms with van der Waals surface area (Å²) in [6.45, 7) is 1.84. The van der Waals surface area contributed by atoms with Crippen molar-refractivity contribution in [2.24, 2.45) is 0 Å². The fourth-order valence-corrected chi connectivity index (χ4v) is 0.570. The Bertz CT molecular complexity index is 171. The molecule has 1 aromatic rings. The average molecular weight is 201 g/mol. The van der Waals surface area contributed by atoms with E-state index in [0.717, 1.165) is 5.76 Å². The number of aliphatic hydroxyl groups excluding tert-OH is 1. The first-order valence-electron chi connectivity index (χ1n) is 2.49. The molecular weight excluding hydrogens is 193 g/mol. The summed E-state index contributed by atoms with van der Waals surface area (Å²) in [5.74, 6) is 1.47. The van der Waals surface area contributed by atoms with Gasteiger partial charge >= 0.3 is 0 Å². The molecule has 1 rings (SSSR count). The molecule has 1 aromatic heterocycles. The summed E-state index contributed by atoms with van der Waals surface area (Å²) in [5, 5.41) is 8.46. The monoisotopic (exact) mass is 201 g/mol. The van der Waals surface area contributed by atoms with Crippen LogP contribution in [0.25, 0.3) is 0 Å². The Balaban J connectivity index is 0.000000640. The van der Waals surface area contributed by atoms with Crippen LogP contribution in [0.3, 0.4) is 0 Å². The van der Waals surface area contributed by atoms with Crippen LogP contribution in [0.5, 0.6) is 0 Å². The topological polar surface area (TPSA) is 33.4 Å². The van der Waals surface area contributed by atoms with Gasteiger partial charge in [-0.2, -0.15) is 0 Å². The van der Waals surface area contributed by atoms with Gasteiger partial charge in [0.25, 0.3) is 0 Å². The van der Waals surface area contributed by atoms with Crippen molar-refractivity contribution in [3.8, 4) is 0 Å². The van der Waals surface area contributed by atoms with Crippen molar-refractivity contribution in [1.82, 2.24) is 0 Å². The molecule has 0 aliphatic rings. The van der Waals surface area contributed by atoms with Crippen LogP contribution in [-0.4, -0.2) is 5.11 Å². The Labute approximate surface area is 79.1 Å². The molecule has 0 saturated carbocycles. The molecule has 1 N–H and O–H groups in total. The molecule has 0 fully saturated rings. The van der Waals surface area contributed by atoms with Crippen molar-refractivity contribution in [1.29, 1.82) is 0 Å². The van der Waals surface area contributed by atoms with Gasteiger partial charge in [-0.3, -0.25) is 0 Å². The van der Waals surface area contributed by atoms with E-state index in [4.69, 9.17) is 9.52 Å². The van der Waals surface area contributed by atoms with Gasteiger partial charge in [0.2, 0.25) is 0 Å². The van der Waals surface area contributed by atoms with Crippen LogP contribution in [0.4, 0.5) is 0 Å². The smallest absolute Gasteiger partial charge is 0.129 e. The Morgan fingerprint density at radius 3 is 2.44 bits per heavy atom.